The van der Waals surface area contributed by atoms with Crippen LogP contribution in [0.2, 0.25) is 0 Å². The summed E-state index contributed by atoms with van der Waals surface area (Å²) >= 11 is 0. The minimum atomic E-state index is -0.451. The van der Waals surface area contributed by atoms with E-state index < -0.39 is 11.5 Å². The van der Waals surface area contributed by atoms with E-state index in [1.807, 2.05) is 12.1 Å². The molecule has 1 saturated heterocycles. The van der Waals surface area contributed by atoms with Gasteiger partial charge < -0.3 is 15.6 Å². The van der Waals surface area contributed by atoms with E-state index in [0.29, 0.717) is 17.4 Å². The molecule has 3 N–H and O–H groups in total. The Morgan fingerprint density at radius 3 is 2.56 bits per heavy atom. The van der Waals surface area contributed by atoms with Crippen LogP contribution in [0.4, 0.5) is 0 Å². The lowest BCUT2D eigenvalue weighted by molar-refractivity contribution is -0.172. The van der Waals surface area contributed by atoms with Crippen molar-refractivity contribution in [2.45, 2.75) is 43.3 Å². The Kier molecular flexibility index (Phi) is 4.13. The number of fused-ring (bicyclic) bond motifs is 2. The summed E-state index contributed by atoms with van der Waals surface area (Å²) in [6.45, 7) is 2.65. The number of likely N-dealkylation sites (tertiary alicyclic amines) is 1. The van der Waals surface area contributed by atoms with Crippen LogP contribution in [0.25, 0.3) is 0 Å². The van der Waals surface area contributed by atoms with Crippen molar-refractivity contribution in [1.29, 1.82) is 0 Å². The van der Waals surface area contributed by atoms with Crippen molar-refractivity contribution in [3.05, 3.63) is 35.4 Å². The maximum atomic E-state index is 11.6. The van der Waals surface area contributed by atoms with Crippen LogP contribution in [0.15, 0.2) is 24.3 Å². The number of carbonyl (C=O) groups excluding carboxylic acids is 1. The van der Waals surface area contributed by atoms with E-state index in [4.69, 9.17) is 10.5 Å². The Balaban J connectivity index is 1.66. The van der Waals surface area contributed by atoms with Crippen LogP contribution in [-0.2, 0) is 10.3 Å². The van der Waals surface area contributed by atoms with E-state index in [2.05, 4.69) is 11.0 Å². The first kappa shape index (κ1) is 17.0. The molecule has 1 aliphatic heterocycles. The van der Waals surface area contributed by atoms with E-state index in [0.717, 1.165) is 50.9 Å². The number of nitrogens with two attached hydrogens (primary N) is 1. The number of benzene rings is 1. The molecule has 1 unspecified atom stereocenters. The highest BCUT2D eigenvalue weighted by Gasteiger charge is 2.54. The second-order valence-electron chi connectivity index (χ2n) is 8.19. The van der Waals surface area contributed by atoms with Crippen LogP contribution in [0.1, 0.15) is 48.0 Å². The highest BCUT2D eigenvalue weighted by molar-refractivity contribution is 5.92. The Morgan fingerprint density at radius 1 is 1.32 bits per heavy atom. The number of hydrogen-bond acceptors (Lipinski definition) is 4. The van der Waals surface area contributed by atoms with Gasteiger partial charge in [0.25, 0.3) is 0 Å². The molecular weight excluding hydrogens is 316 g/mol. The fourth-order valence-electron chi connectivity index (χ4n) is 5.21. The molecule has 0 aromatic heterocycles. The summed E-state index contributed by atoms with van der Waals surface area (Å²) in [7, 11) is 1.80. The zero-order chi connectivity index (χ0) is 17.7. The zero-order valence-corrected chi connectivity index (χ0v) is 14.9. The van der Waals surface area contributed by atoms with Crippen molar-refractivity contribution in [1.82, 2.24) is 4.90 Å². The summed E-state index contributed by atoms with van der Waals surface area (Å²) in [5, 5.41) is 10.3. The number of ether oxygens (including phenoxy) is 1. The molecule has 1 aromatic rings. The Morgan fingerprint density at radius 2 is 2.00 bits per heavy atom. The van der Waals surface area contributed by atoms with Gasteiger partial charge in [0.15, 0.2) is 0 Å². The fourth-order valence-corrected chi connectivity index (χ4v) is 5.21. The molecular formula is C20H28N2O3. The lowest BCUT2D eigenvalue weighted by atomic mass is 9.62. The molecule has 136 valence electrons. The first-order valence-electron chi connectivity index (χ1n) is 9.37. The molecule has 2 saturated carbocycles. The predicted molar refractivity (Wildman–Crippen MR) is 95.1 cm³/mol. The van der Waals surface area contributed by atoms with Crippen molar-refractivity contribution < 1.29 is 14.6 Å². The third-order valence-corrected chi connectivity index (χ3v) is 6.56. The first-order valence-corrected chi connectivity index (χ1v) is 9.37. The maximum absolute atomic E-state index is 11.6. The quantitative estimate of drug-likeness (QED) is 0.855. The normalized spacial score (nSPS) is 33.8. The number of nitrogens with zero attached hydrogens (tertiary/aromatic N) is 1. The van der Waals surface area contributed by atoms with Crippen molar-refractivity contribution in [3.63, 3.8) is 0 Å². The van der Waals surface area contributed by atoms with Crippen LogP contribution in [0, 0.1) is 11.8 Å². The van der Waals surface area contributed by atoms with E-state index in [-0.39, 0.29) is 5.60 Å². The van der Waals surface area contributed by atoms with Gasteiger partial charge in [-0.1, -0.05) is 18.6 Å². The standard InChI is InChI=1S/C20H28N2O3/c1-25-20(15-5-2-4-14(10-15)18(21)23)16-6-3-7-17(20)12-22(11-16)13-19(24)8-9-19/h2,4-5,10,16-17,24H,3,6-9,11-13H2,1H3,(H2,21,23)/t16-,17+,20?. The molecule has 0 spiro atoms. The Bertz CT molecular complexity index is 657. The van der Waals surface area contributed by atoms with Gasteiger partial charge in [-0.15, -0.1) is 0 Å². The van der Waals surface area contributed by atoms with Crippen LogP contribution >= 0.6 is 0 Å². The second kappa shape index (κ2) is 6.08. The average Bonchev–Trinajstić information content (AvgIpc) is 3.31. The molecule has 2 aliphatic carbocycles. The van der Waals surface area contributed by atoms with Crippen molar-refractivity contribution in [3.8, 4) is 0 Å². The smallest absolute Gasteiger partial charge is 0.248 e. The van der Waals surface area contributed by atoms with Gasteiger partial charge >= 0.3 is 0 Å². The number of methoxy groups -OCH3 is 1. The van der Waals surface area contributed by atoms with E-state index in [1.165, 1.54) is 6.42 Å². The highest BCUT2D eigenvalue weighted by Crippen LogP contribution is 2.52. The number of aliphatic hydroxyl groups is 1. The molecule has 3 fully saturated rings. The van der Waals surface area contributed by atoms with Crippen LogP contribution in [0.3, 0.4) is 0 Å². The monoisotopic (exact) mass is 344 g/mol. The zero-order valence-electron chi connectivity index (χ0n) is 14.9. The molecule has 4 rings (SSSR count). The number of carbonyl (C=O) groups is 1. The Hall–Kier alpha value is -1.43. The summed E-state index contributed by atoms with van der Waals surface area (Å²) in [6.07, 6.45) is 5.29. The fraction of sp³-hybridized carbons (Fsp3) is 0.650. The molecule has 25 heavy (non-hydrogen) atoms. The summed E-state index contributed by atoms with van der Waals surface area (Å²) in [4.78, 5) is 14.1. The molecule has 0 radical (unpaired) electrons. The molecule has 3 atom stereocenters. The third kappa shape index (κ3) is 2.88. The third-order valence-electron chi connectivity index (χ3n) is 6.56. The van der Waals surface area contributed by atoms with Crippen molar-refractivity contribution in [2.24, 2.45) is 17.6 Å². The molecule has 5 nitrogen and oxygen atoms in total. The van der Waals surface area contributed by atoms with Crippen LogP contribution in [0.5, 0.6) is 0 Å². The summed E-state index contributed by atoms with van der Waals surface area (Å²) in [5.74, 6) is 0.345. The van der Waals surface area contributed by atoms with Crippen LogP contribution < -0.4 is 5.73 Å². The number of hydrogen-bond donors (Lipinski definition) is 2. The SMILES string of the molecule is COC1(c2cccc(C(N)=O)c2)[C@@H]2CCC[C@H]1CN(CC1(O)CC1)C2. The molecule has 1 heterocycles. The van der Waals surface area contributed by atoms with Gasteiger partial charge in [0.05, 0.1) is 5.60 Å². The number of β-amino-alcohol motifs (C(OH)–C–C–N with tert-alkyl or cyclic N) is 1. The molecule has 1 amide bonds. The van der Waals surface area contributed by atoms with Gasteiger partial charge in [0.2, 0.25) is 5.91 Å². The molecule has 2 bridgehead atoms. The molecule has 1 aromatic carbocycles. The van der Waals surface area contributed by atoms with Gasteiger partial charge in [0, 0.05) is 44.1 Å². The van der Waals surface area contributed by atoms with E-state index >= 15 is 0 Å². The topological polar surface area (TPSA) is 75.8 Å². The maximum Gasteiger partial charge on any atom is 0.248 e. The second-order valence-corrected chi connectivity index (χ2v) is 8.19. The van der Waals surface area contributed by atoms with Gasteiger partial charge in [-0.2, -0.15) is 0 Å². The van der Waals surface area contributed by atoms with Crippen molar-refractivity contribution >= 4 is 5.91 Å². The minimum absolute atomic E-state index is 0.355. The predicted octanol–water partition coefficient (Wildman–Crippen LogP) is 1.88. The van der Waals surface area contributed by atoms with E-state index in [1.54, 1.807) is 13.2 Å². The van der Waals surface area contributed by atoms with Crippen molar-refractivity contribution in [2.75, 3.05) is 26.7 Å². The largest absolute Gasteiger partial charge is 0.389 e. The van der Waals surface area contributed by atoms with Crippen LogP contribution in [-0.4, -0.2) is 48.3 Å². The first-order chi connectivity index (χ1) is 12.0. The summed E-state index contributed by atoms with van der Waals surface area (Å²) in [6, 6.07) is 7.67. The van der Waals surface area contributed by atoms with Gasteiger partial charge in [-0.05, 0) is 43.4 Å². The number of piperidine rings is 1. The number of amides is 1. The summed E-state index contributed by atoms with van der Waals surface area (Å²) in [5.41, 5.74) is 6.31. The molecule has 5 heteroatoms. The number of primary amides is 1. The lowest BCUT2D eigenvalue weighted by Crippen LogP contribution is -2.60. The van der Waals surface area contributed by atoms with Gasteiger partial charge in [-0.25, -0.2) is 0 Å². The summed E-state index contributed by atoms with van der Waals surface area (Å²) < 4.78 is 6.22. The number of rotatable bonds is 5. The Labute approximate surface area is 149 Å². The minimum Gasteiger partial charge on any atom is -0.389 e. The molecule has 3 aliphatic rings. The van der Waals surface area contributed by atoms with Gasteiger partial charge in [0.1, 0.15) is 5.60 Å². The van der Waals surface area contributed by atoms with Gasteiger partial charge in [-0.3, -0.25) is 9.69 Å². The highest BCUT2D eigenvalue weighted by atomic mass is 16.5. The average molecular weight is 344 g/mol. The van der Waals surface area contributed by atoms with E-state index in [9.17, 15) is 9.90 Å². The lowest BCUT2D eigenvalue weighted by Gasteiger charge is -2.55.